The van der Waals surface area contributed by atoms with E-state index in [2.05, 4.69) is 38.2 Å². The number of hydrogen-bond acceptors (Lipinski definition) is 2. The zero-order valence-electron chi connectivity index (χ0n) is 11.8. The Morgan fingerprint density at radius 2 is 1.55 bits per heavy atom. The zero-order valence-corrected chi connectivity index (χ0v) is 13.1. The maximum absolute atomic E-state index is 11.3. The summed E-state index contributed by atoms with van der Waals surface area (Å²) in [4.78, 5) is 11.3. The number of rotatable bonds is 0. The SMILES string of the molecule is O=C1CC[C@@]2(CCCc3ccccc32)O1.[C-]#[O+].[C-]#[O+].[C-]#[O+].[Cr]. The van der Waals surface area contributed by atoms with Crippen molar-refractivity contribution in [2.24, 2.45) is 0 Å². The van der Waals surface area contributed by atoms with Gasteiger partial charge in [0.25, 0.3) is 0 Å². The van der Waals surface area contributed by atoms with E-state index in [1.54, 1.807) is 0 Å². The molecule has 2 aliphatic rings. The normalized spacial score (nSPS) is 20.0. The van der Waals surface area contributed by atoms with Crippen molar-refractivity contribution in [2.75, 3.05) is 0 Å². The number of ether oxygens (including phenoxy) is 1. The summed E-state index contributed by atoms with van der Waals surface area (Å²) in [6.45, 7) is 13.5. The molecule has 3 rings (SSSR count). The summed E-state index contributed by atoms with van der Waals surface area (Å²) in [6.07, 6.45) is 4.69. The molecule has 22 heavy (non-hydrogen) atoms. The van der Waals surface area contributed by atoms with Crippen LogP contribution in [0, 0.1) is 20.0 Å². The molecule has 0 bridgehead atoms. The van der Waals surface area contributed by atoms with Gasteiger partial charge in [0.05, 0.1) is 0 Å². The van der Waals surface area contributed by atoms with Gasteiger partial charge in [-0.1, -0.05) is 24.3 Å². The van der Waals surface area contributed by atoms with Crippen molar-refractivity contribution in [1.82, 2.24) is 0 Å². The van der Waals surface area contributed by atoms with Crippen LogP contribution in [-0.2, 0) is 52.9 Å². The third kappa shape index (κ3) is 5.02. The first kappa shape index (κ1) is 22.7. The molecule has 1 aromatic carbocycles. The van der Waals surface area contributed by atoms with Gasteiger partial charge >= 0.3 is 39.9 Å². The molecule has 1 aromatic rings. The fraction of sp³-hybridized carbons (Fsp3) is 0.375. The fourth-order valence-electron chi connectivity index (χ4n) is 2.87. The molecule has 0 amide bonds. The standard InChI is InChI=1S/C13H14O2.3CO.Cr/c14-12-7-9-13(15-12)8-3-5-10-4-1-2-6-11(10)13;3*1-2;/h1-2,4,6H,3,5,7-9H2;;;;/t13-;;;;/m1..../s1. The molecule has 1 spiro atoms. The second-order valence-corrected chi connectivity index (χ2v) is 4.48. The Bertz CT molecular complexity index is 521. The predicted octanol–water partition coefficient (Wildman–Crippen LogP) is 2.44. The van der Waals surface area contributed by atoms with E-state index in [1.165, 1.54) is 11.1 Å². The molecule has 1 atom stereocenters. The van der Waals surface area contributed by atoms with Crippen LogP contribution in [0.5, 0.6) is 0 Å². The summed E-state index contributed by atoms with van der Waals surface area (Å²) in [6, 6.07) is 8.38. The predicted molar refractivity (Wildman–Crippen MR) is 68.2 cm³/mol. The molecule has 0 aromatic heterocycles. The van der Waals surface area contributed by atoms with Gasteiger partial charge in [0.15, 0.2) is 0 Å². The molecule has 6 heteroatoms. The van der Waals surface area contributed by atoms with Crippen LogP contribution in [0.4, 0.5) is 0 Å². The van der Waals surface area contributed by atoms with E-state index in [9.17, 15) is 4.79 Å². The molecule has 1 aliphatic heterocycles. The number of carbonyl (C=O) groups excluding carboxylic acids is 1. The summed E-state index contributed by atoms with van der Waals surface area (Å²) in [7, 11) is 0. The Hall–Kier alpha value is -1.56. The zero-order chi connectivity index (χ0) is 16.3. The van der Waals surface area contributed by atoms with Gasteiger partial charge in [0.1, 0.15) is 5.60 Å². The Morgan fingerprint density at radius 3 is 2.09 bits per heavy atom. The second kappa shape index (κ2) is 12.0. The molecule has 1 heterocycles. The van der Waals surface area contributed by atoms with Crippen LogP contribution in [0.15, 0.2) is 24.3 Å². The minimum atomic E-state index is -0.272. The molecule has 5 nitrogen and oxygen atoms in total. The van der Waals surface area contributed by atoms with Crippen molar-refractivity contribution >= 4 is 5.97 Å². The van der Waals surface area contributed by atoms with Gasteiger partial charge in [0.2, 0.25) is 0 Å². The van der Waals surface area contributed by atoms with Gasteiger partial charge in [-0.05, 0) is 30.4 Å². The maximum Gasteiger partial charge on any atom is 0 e. The van der Waals surface area contributed by atoms with Crippen LogP contribution in [-0.4, -0.2) is 5.97 Å². The van der Waals surface area contributed by atoms with Crippen molar-refractivity contribution in [3.63, 3.8) is 0 Å². The molecule has 0 unspecified atom stereocenters. The van der Waals surface area contributed by atoms with E-state index in [1.807, 2.05) is 6.07 Å². The van der Waals surface area contributed by atoms with Crippen molar-refractivity contribution in [3.8, 4) is 0 Å². The third-order valence-corrected chi connectivity index (χ3v) is 3.58. The van der Waals surface area contributed by atoms with Gasteiger partial charge in [0, 0.05) is 30.2 Å². The first-order valence-corrected chi connectivity index (χ1v) is 6.22. The number of fused-ring (bicyclic) bond motifs is 2. The largest absolute Gasteiger partial charge is 0 e. The quantitative estimate of drug-likeness (QED) is 0.413. The third-order valence-electron chi connectivity index (χ3n) is 3.58. The minimum Gasteiger partial charge on any atom is 0 e. The molecule has 0 radical (unpaired) electrons. The van der Waals surface area contributed by atoms with Crippen LogP contribution in [0.1, 0.15) is 36.8 Å². The van der Waals surface area contributed by atoms with E-state index >= 15 is 0 Å². The molecular formula is C16H14CrO5. The topological polar surface area (TPSA) is 86.0 Å². The van der Waals surface area contributed by atoms with Gasteiger partial charge in [-0.2, -0.15) is 0 Å². The average Bonchev–Trinajstić information content (AvgIpc) is 2.95. The smallest absolute Gasteiger partial charge is 0 e. The molecule has 1 saturated heterocycles. The molecule has 1 aliphatic carbocycles. The fourth-order valence-corrected chi connectivity index (χ4v) is 2.87. The van der Waals surface area contributed by atoms with E-state index < -0.39 is 0 Å². The van der Waals surface area contributed by atoms with E-state index in [0.29, 0.717) is 6.42 Å². The van der Waals surface area contributed by atoms with Gasteiger partial charge in [-0.25, -0.2) is 0 Å². The summed E-state index contributed by atoms with van der Waals surface area (Å²) < 4.78 is 28.1. The van der Waals surface area contributed by atoms with Crippen LogP contribution in [0.25, 0.3) is 0 Å². The Balaban J connectivity index is 0. The summed E-state index contributed by atoms with van der Waals surface area (Å²) in [5, 5.41) is 0. The van der Waals surface area contributed by atoms with Gasteiger partial charge in [-0.3, -0.25) is 4.79 Å². The second-order valence-electron chi connectivity index (χ2n) is 4.48. The summed E-state index contributed by atoms with van der Waals surface area (Å²) in [5.74, 6) is -0.0355. The molecule has 1 fully saturated rings. The van der Waals surface area contributed by atoms with Crippen molar-refractivity contribution in [3.05, 3.63) is 55.3 Å². The molecule has 0 saturated carbocycles. The van der Waals surface area contributed by atoms with Crippen molar-refractivity contribution < 1.29 is 40.8 Å². The first-order chi connectivity index (χ1) is 10.3. The minimum absolute atomic E-state index is 0. The first-order valence-electron chi connectivity index (χ1n) is 6.22. The van der Waals surface area contributed by atoms with E-state index in [4.69, 9.17) is 18.7 Å². The number of carbonyl (C=O) groups is 1. The van der Waals surface area contributed by atoms with E-state index in [0.717, 1.165) is 25.7 Å². The van der Waals surface area contributed by atoms with Crippen molar-refractivity contribution in [2.45, 2.75) is 37.7 Å². The van der Waals surface area contributed by atoms with Crippen LogP contribution in [0.3, 0.4) is 0 Å². The number of hydrogen-bond donors (Lipinski definition) is 0. The molecular weight excluding hydrogens is 324 g/mol. The van der Waals surface area contributed by atoms with Crippen LogP contribution >= 0.6 is 0 Å². The average molecular weight is 338 g/mol. The Kier molecular flexibility index (Phi) is 12.4. The summed E-state index contributed by atoms with van der Waals surface area (Å²) >= 11 is 0. The van der Waals surface area contributed by atoms with Gasteiger partial charge in [-0.15, -0.1) is 0 Å². The molecule has 0 N–H and O–H groups in total. The van der Waals surface area contributed by atoms with Crippen LogP contribution < -0.4 is 0 Å². The Labute approximate surface area is 140 Å². The molecule has 114 valence electrons. The van der Waals surface area contributed by atoms with E-state index in [-0.39, 0.29) is 28.9 Å². The number of aryl methyl sites for hydroxylation is 1. The summed E-state index contributed by atoms with van der Waals surface area (Å²) in [5.41, 5.74) is 2.34. The monoisotopic (exact) mass is 338 g/mol. The maximum atomic E-state index is 11.3. The Morgan fingerprint density at radius 1 is 0.955 bits per heavy atom. The number of esters is 1. The van der Waals surface area contributed by atoms with Gasteiger partial charge < -0.3 is 4.74 Å². The van der Waals surface area contributed by atoms with Crippen LogP contribution in [0.2, 0.25) is 0 Å². The number of benzene rings is 1. The van der Waals surface area contributed by atoms with Crippen molar-refractivity contribution in [1.29, 1.82) is 0 Å².